The van der Waals surface area contributed by atoms with Gasteiger partial charge in [-0.05, 0) is 54.2 Å². The summed E-state index contributed by atoms with van der Waals surface area (Å²) in [7, 11) is 0. The van der Waals surface area contributed by atoms with Crippen molar-refractivity contribution in [1.82, 2.24) is 5.32 Å². The lowest BCUT2D eigenvalue weighted by Crippen LogP contribution is -2.15. The van der Waals surface area contributed by atoms with E-state index in [0.29, 0.717) is 5.92 Å². The molecule has 21 heavy (non-hydrogen) atoms. The Morgan fingerprint density at radius 2 is 1.81 bits per heavy atom. The van der Waals surface area contributed by atoms with Crippen molar-refractivity contribution in [3.05, 3.63) is 59.7 Å². The minimum absolute atomic E-state index is 0.552. The summed E-state index contributed by atoms with van der Waals surface area (Å²) in [6.07, 6.45) is 2.64. The number of hydrogen-bond acceptors (Lipinski definition) is 2. The highest BCUT2D eigenvalue weighted by molar-refractivity contribution is 5.35. The van der Waals surface area contributed by atoms with Crippen LogP contribution >= 0.6 is 0 Å². The van der Waals surface area contributed by atoms with E-state index in [4.69, 9.17) is 4.74 Å². The van der Waals surface area contributed by atoms with Crippen molar-refractivity contribution in [3.63, 3.8) is 0 Å². The van der Waals surface area contributed by atoms with E-state index in [2.05, 4.69) is 49.5 Å². The number of nitrogens with one attached hydrogen (secondary N) is 1. The maximum atomic E-state index is 5.95. The van der Waals surface area contributed by atoms with Crippen LogP contribution in [0.2, 0.25) is 0 Å². The maximum Gasteiger partial charge on any atom is 0.127 e. The van der Waals surface area contributed by atoms with E-state index in [9.17, 15) is 0 Å². The summed E-state index contributed by atoms with van der Waals surface area (Å²) in [5.74, 6) is 2.35. The predicted molar refractivity (Wildman–Crippen MR) is 86.9 cm³/mol. The molecule has 1 aliphatic rings. The Bertz CT molecular complexity index is 585. The van der Waals surface area contributed by atoms with Gasteiger partial charge < -0.3 is 10.1 Å². The Balaban J connectivity index is 1.64. The summed E-state index contributed by atoms with van der Waals surface area (Å²) in [6.45, 7) is 5.33. The fourth-order valence-electron chi connectivity index (χ4n) is 2.33. The highest BCUT2D eigenvalue weighted by Crippen LogP contribution is 2.25. The second-order valence-corrected chi connectivity index (χ2v) is 6.13. The zero-order chi connectivity index (χ0) is 14.7. The minimum atomic E-state index is 0.552. The smallest absolute Gasteiger partial charge is 0.127 e. The zero-order valence-electron chi connectivity index (χ0n) is 12.8. The average Bonchev–Trinajstić information content (AvgIpc) is 3.30. The first-order valence-electron chi connectivity index (χ1n) is 7.81. The monoisotopic (exact) mass is 281 g/mol. The standard InChI is InChI=1S/C19H23NO/c1-14(2)16-6-10-18(11-7-16)21-19-5-3-4-15(12-19)13-20-17-8-9-17/h3-7,10-12,14,17,20H,8-9,13H2,1-2H3. The molecule has 0 atom stereocenters. The Kier molecular flexibility index (Phi) is 4.26. The molecule has 2 aromatic carbocycles. The van der Waals surface area contributed by atoms with Crippen LogP contribution in [-0.4, -0.2) is 6.04 Å². The van der Waals surface area contributed by atoms with Crippen LogP contribution in [0.15, 0.2) is 48.5 Å². The molecule has 0 radical (unpaired) electrons. The molecule has 1 saturated carbocycles. The molecule has 1 fully saturated rings. The van der Waals surface area contributed by atoms with Gasteiger partial charge in [0.25, 0.3) is 0 Å². The van der Waals surface area contributed by atoms with E-state index in [1.807, 2.05) is 18.2 Å². The van der Waals surface area contributed by atoms with Crippen LogP contribution in [0, 0.1) is 0 Å². The first kappa shape index (κ1) is 14.2. The van der Waals surface area contributed by atoms with E-state index in [1.54, 1.807) is 0 Å². The molecule has 2 nitrogen and oxygen atoms in total. The predicted octanol–water partition coefficient (Wildman–Crippen LogP) is 4.85. The van der Waals surface area contributed by atoms with Crippen LogP contribution in [0.25, 0.3) is 0 Å². The van der Waals surface area contributed by atoms with Crippen molar-refractivity contribution in [1.29, 1.82) is 0 Å². The fourth-order valence-corrected chi connectivity index (χ4v) is 2.33. The summed E-state index contributed by atoms with van der Waals surface area (Å²) >= 11 is 0. The van der Waals surface area contributed by atoms with Gasteiger partial charge in [-0.25, -0.2) is 0 Å². The van der Waals surface area contributed by atoms with Gasteiger partial charge >= 0.3 is 0 Å². The first-order chi connectivity index (χ1) is 10.2. The SMILES string of the molecule is CC(C)c1ccc(Oc2cccc(CNC3CC3)c2)cc1. The normalized spacial score (nSPS) is 14.4. The van der Waals surface area contributed by atoms with Gasteiger partial charge in [0.2, 0.25) is 0 Å². The summed E-state index contributed by atoms with van der Waals surface area (Å²) in [4.78, 5) is 0. The van der Waals surface area contributed by atoms with Crippen LogP contribution in [0.1, 0.15) is 43.7 Å². The second-order valence-electron chi connectivity index (χ2n) is 6.13. The van der Waals surface area contributed by atoms with Gasteiger partial charge in [0, 0.05) is 12.6 Å². The van der Waals surface area contributed by atoms with E-state index in [1.165, 1.54) is 24.0 Å². The molecule has 0 unspecified atom stereocenters. The quantitative estimate of drug-likeness (QED) is 0.817. The van der Waals surface area contributed by atoms with Crippen LogP contribution in [0.3, 0.4) is 0 Å². The highest BCUT2D eigenvalue weighted by atomic mass is 16.5. The number of ether oxygens (including phenoxy) is 1. The molecule has 1 N–H and O–H groups in total. The van der Waals surface area contributed by atoms with Crippen molar-refractivity contribution < 1.29 is 4.74 Å². The number of benzene rings is 2. The van der Waals surface area contributed by atoms with E-state index in [-0.39, 0.29) is 0 Å². The van der Waals surface area contributed by atoms with Gasteiger partial charge in [0.15, 0.2) is 0 Å². The lowest BCUT2D eigenvalue weighted by atomic mass is 10.0. The molecule has 3 rings (SSSR count). The minimum Gasteiger partial charge on any atom is -0.457 e. The van der Waals surface area contributed by atoms with Crippen LogP contribution in [0.4, 0.5) is 0 Å². The van der Waals surface area contributed by atoms with Crippen molar-refractivity contribution in [3.8, 4) is 11.5 Å². The van der Waals surface area contributed by atoms with Crippen molar-refractivity contribution in [2.24, 2.45) is 0 Å². The van der Waals surface area contributed by atoms with Crippen LogP contribution in [0.5, 0.6) is 11.5 Å². The summed E-state index contributed by atoms with van der Waals surface area (Å²) in [5.41, 5.74) is 2.61. The summed E-state index contributed by atoms with van der Waals surface area (Å²) in [5, 5.41) is 3.53. The molecule has 110 valence electrons. The lowest BCUT2D eigenvalue weighted by Gasteiger charge is -2.10. The third-order valence-electron chi connectivity index (χ3n) is 3.85. The van der Waals surface area contributed by atoms with Crippen LogP contribution < -0.4 is 10.1 Å². The lowest BCUT2D eigenvalue weighted by molar-refractivity contribution is 0.481. The third kappa shape index (κ3) is 4.08. The van der Waals surface area contributed by atoms with Crippen molar-refractivity contribution in [2.75, 3.05) is 0 Å². The zero-order valence-corrected chi connectivity index (χ0v) is 12.8. The van der Waals surface area contributed by atoms with E-state index in [0.717, 1.165) is 24.1 Å². The van der Waals surface area contributed by atoms with Crippen molar-refractivity contribution in [2.45, 2.75) is 45.2 Å². The number of hydrogen-bond donors (Lipinski definition) is 1. The molecular formula is C19H23NO. The summed E-state index contributed by atoms with van der Waals surface area (Å²) < 4.78 is 5.95. The molecule has 0 spiro atoms. The van der Waals surface area contributed by atoms with E-state index >= 15 is 0 Å². The molecule has 1 aliphatic carbocycles. The molecular weight excluding hydrogens is 258 g/mol. The molecule has 0 bridgehead atoms. The first-order valence-corrected chi connectivity index (χ1v) is 7.81. The summed E-state index contributed by atoms with van der Waals surface area (Å²) in [6, 6.07) is 17.4. The Morgan fingerprint density at radius 3 is 2.48 bits per heavy atom. The van der Waals surface area contributed by atoms with E-state index < -0.39 is 0 Å². The Morgan fingerprint density at radius 1 is 1.05 bits per heavy atom. The van der Waals surface area contributed by atoms with Gasteiger partial charge in [-0.3, -0.25) is 0 Å². The van der Waals surface area contributed by atoms with Gasteiger partial charge in [-0.1, -0.05) is 38.1 Å². The highest BCUT2D eigenvalue weighted by Gasteiger charge is 2.19. The molecule has 0 aromatic heterocycles. The Hall–Kier alpha value is -1.80. The van der Waals surface area contributed by atoms with Crippen LogP contribution in [-0.2, 0) is 6.54 Å². The molecule has 0 heterocycles. The Labute approximate surface area is 127 Å². The van der Waals surface area contributed by atoms with Gasteiger partial charge in [0.1, 0.15) is 11.5 Å². The molecule has 0 saturated heterocycles. The largest absolute Gasteiger partial charge is 0.457 e. The topological polar surface area (TPSA) is 21.3 Å². The molecule has 0 amide bonds. The third-order valence-corrected chi connectivity index (χ3v) is 3.85. The molecule has 2 heteroatoms. The maximum absolute atomic E-state index is 5.95. The van der Waals surface area contributed by atoms with Gasteiger partial charge in [-0.15, -0.1) is 0 Å². The van der Waals surface area contributed by atoms with Gasteiger partial charge in [-0.2, -0.15) is 0 Å². The molecule has 0 aliphatic heterocycles. The number of rotatable bonds is 6. The van der Waals surface area contributed by atoms with Gasteiger partial charge in [0.05, 0.1) is 0 Å². The second kappa shape index (κ2) is 6.31. The fraction of sp³-hybridized carbons (Fsp3) is 0.368. The van der Waals surface area contributed by atoms with Crippen molar-refractivity contribution >= 4 is 0 Å². The average molecular weight is 281 g/mol. The molecule has 2 aromatic rings.